The molecule has 1 aliphatic heterocycles. The van der Waals surface area contributed by atoms with E-state index in [4.69, 9.17) is 4.74 Å². The summed E-state index contributed by atoms with van der Waals surface area (Å²) in [7, 11) is 1.63. The van der Waals surface area contributed by atoms with E-state index < -0.39 is 5.41 Å². The Bertz CT molecular complexity index is 1430. The monoisotopic (exact) mass is 454 g/mol. The normalized spacial score (nSPS) is 17.5. The zero-order valence-corrected chi connectivity index (χ0v) is 18.9. The standard InChI is InChI=1S/C26H23FN6O/c1-18-15-32(17-29-18)22-9-7-19(13-23(22)34-2)8-10-24-30-25-26(16-28,11-4-12-33(25)31-24)20-5-3-6-21(27)14-20/h3,5-10,13-15,17H,4,11-12H2,1-2H3/b10-8+/t26-/m0/s1. The van der Waals surface area contributed by atoms with Crippen LogP contribution in [-0.4, -0.2) is 31.4 Å². The summed E-state index contributed by atoms with van der Waals surface area (Å²) in [6.45, 7) is 2.61. The first-order valence-corrected chi connectivity index (χ1v) is 11.0. The summed E-state index contributed by atoms with van der Waals surface area (Å²) in [6, 6.07) is 14.5. The molecular formula is C26H23FN6O. The number of methoxy groups -OCH3 is 1. The maximum Gasteiger partial charge on any atom is 0.174 e. The minimum absolute atomic E-state index is 0.368. The van der Waals surface area contributed by atoms with E-state index in [0.29, 0.717) is 35.9 Å². The third kappa shape index (κ3) is 3.75. The van der Waals surface area contributed by atoms with Crippen LogP contribution in [0.5, 0.6) is 5.75 Å². The van der Waals surface area contributed by atoms with Crippen molar-refractivity contribution in [1.29, 1.82) is 5.26 Å². The predicted molar refractivity (Wildman–Crippen MR) is 126 cm³/mol. The van der Waals surface area contributed by atoms with Gasteiger partial charge in [0.1, 0.15) is 17.0 Å². The fourth-order valence-electron chi connectivity index (χ4n) is 4.44. The summed E-state index contributed by atoms with van der Waals surface area (Å²) < 4.78 is 23.2. The molecule has 2 aromatic carbocycles. The molecule has 34 heavy (non-hydrogen) atoms. The molecule has 7 nitrogen and oxygen atoms in total. The highest BCUT2D eigenvalue weighted by Crippen LogP contribution is 2.39. The maximum atomic E-state index is 13.9. The summed E-state index contributed by atoms with van der Waals surface area (Å²) in [5.41, 5.74) is 2.32. The minimum atomic E-state index is -1.02. The molecule has 5 rings (SSSR count). The second-order valence-corrected chi connectivity index (χ2v) is 8.33. The number of halogens is 1. The molecule has 1 aliphatic rings. The summed E-state index contributed by atoms with van der Waals surface area (Å²) >= 11 is 0. The Kier molecular flexibility index (Phi) is 5.46. The molecule has 0 N–H and O–H groups in total. The quantitative estimate of drug-likeness (QED) is 0.437. The first-order chi connectivity index (χ1) is 16.5. The van der Waals surface area contributed by atoms with Gasteiger partial charge in [-0.1, -0.05) is 24.3 Å². The zero-order valence-electron chi connectivity index (χ0n) is 18.9. The van der Waals surface area contributed by atoms with Gasteiger partial charge in [-0.05, 0) is 61.2 Å². The van der Waals surface area contributed by atoms with E-state index in [2.05, 4.69) is 21.1 Å². The number of fused-ring (bicyclic) bond motifs is 1. The molecule has 0 bridgehead atoms. The van der Waals surface area contributed by atoms with Crippen molar-refractivity contribution in [3.05, 3.63) is 89.3 Å². The van der Waals surface area contributed by atoms with E-state index in [1.54, 1.807) is 30.3 Å². The van der Waals surface area contributed by atoms with Gasteiger partial charge < -0.3 is 9.30 Å². The number of imidazole rings is 1. The van der Waals surface area contributed by atoms with E-state index in [1.165, 1.54) is 12.1 Å². The van der Waals surface area contributed by atoms with Crippen LogP contribution in [0.25, 0.3) is 17.8 Å². The van der Waals surface area contributed by atoms with E-state index in [9.17, 15) is 9.65 Å². The molecule has 0 aliphatic carbocycles. The first kappa shape index (κ1) is 21.6. The van der Waals surface area contributed by atoms with E-state index in [1.807, 2.05) is 48.0 Å². The van der Waals surface area contributed by atoms with Crippen molar-refractivity contribution in [2.24, 2.45) is 0 Å². The predicted octanol–water partition coefficient (Wildman–Crippen LogP) is 4.69. The highest BCUT2D eigenvalue weighted by molar-refractivity contribution is 5.69. The summed E-state index contributed by atoms with van der Waals surface area (Å²) in [6.07, 6.45) is 8.74. The number of rotatable bonds is 5. The number of benzene rings is 2. The van der Waals surface area contributed by atoms with Gasteiger partial charge in [-0.15, -0.1) is 0 Å². The van der Waals surface area contributed by atoms with Crippen molar-refractivity contribution >= 4 is 12.2 Å². The molecule has 2 aromatic heterocycles. The SMILES string of the molecule is COc1cc(/C=C/c2nc3n(n2)CCC[C@]3(C#N)c2cccc(F)c2)ccc1-n1cnc(C)c1. The summed E-state index contributed by atoms with van der Waals surface area (Å²) in [5, 5.41) is 14.7. The number of hydrogen-bond donors (Lipinski definition) is 0. The molecule has 0 saturated heterocycles. The third-order valence-corrected chi connectivity index (χ3v) is 6.12. The molecule has 0 spiro atoms. The largest absolute Gasteiger partial charge is 0.495 e. The average molecular weight is 455 g/mol. The molecule has 1 atom stereocenters. The highest BCUT2D eigenvalue weighted by Gasteiger charge is 2.42. The lowest BCUT2D eigenvalue weighted by molar-refractivity contribution is 0.392. The number of nitrogens with zero attached hydrogens (tertiary/aromatic N) is 6. The van der Waals surface area contributed by atoms with Crippen LogP contribution in [-0.2, 0) is 12.0 Å². The topological polar surface area (TPSA) is 81.5 Å². The first-order valence-electron chi connectivity index (χ1n) is 11.0. The highest BCUT2D eigenvalue weighted by atomic mass is 19.1. The van der Waals surface area contributed by atoms with Gasteiger partial charge in [0.15, 0.2) is 11.6 Å². The Hall–Kier alpha value is -4.25. The molecule has 0 amide bonds. The van der Waals surface area contributed by atoms with Gasteiger partial charge in [0.2, 0.25) is 0 Å². The zero-order chi connectivity index (χ0) is 23.7. The number of aromatic nitrogens is 5. The molecule has 4 aromatic rings. The molecule has 0 unspecified atom stereocenters. The summed E-state index contributed by atoms with van der Waals surface area (Å²) in [4.78, 5) is 8.96. The molecule has 0 radical (unpaired) electrons. The van der Waals surface area contributed by atoms with Gasteiger partial charge in [0.05, 0.1) is 30.9 Å². The van der Waals surface area contributed by atoms with E-state index in [0.717, 1.165) is 23.4 Å². The summed E-state index contributed by atoms with van der Waals surface area (Å²) in [5.74, 6) is 1.40. The van der Waals surface area contributed by atoms with Gasteiger partial charge >= 0.3 is 0 Å². The van der Waals surface area contributed by atoms with Crippen molar-refractivity contribution < 1.29 is 9.13 Å². The van der Waals surface area contributed by atoms with Crippen LogP contribution < -0.4 is 4.74 Å². The Morgan fingerprint density at radius 1 is 1.21 bits per heavy atom. The lowest BCUT2D eigenvalue weighted by Gasteiger charge is -2.30. The van der Waals surface area contributed by atoms with Crippen LogP contribution in [0, 0.1) is 24.1 Å². The molecule has 8 heteroatoms. The second-order valence-electron chi connectivity index (χ2n) is 8.33. The molecule has 3 heterocycles. The molecule has 170 valence electrons. The number of aryl methyl sites for hydroxylation is 2. The Balaban J connectivity index is 1.47. The van der Waals surface area contributed by atoms with Crippen LogP contribution in [0.4, 0.5) is 4.39 Å². The van der Waals surface area contributed by atoms with Crippen LogP contribution in [0.15, 0.2) is 55.0 Å². The van der Waals surface area contributed by atoms with Gasteiger partial charge in [-0.2, -0.15) is 10.4 Å². The van der Waals surface area contributed by atoms with Crippen molar-refractivity contribution in [3.63, 3.8) is 0 Å². The van der Waals surface area contributed by atoms with Crippen LogP contribution >= 0.6 is 0 Å². The molecule has 0 fully saturated rings. The lowest BCUT2D eigenvalue weighted by atomic mass is 9.75. The number of nitriles is 1. The van der Waals surface area contributed by atoms with Crippen LogP contribution in [0.1, 0.15) is 41.3 Å². The molecular weight excluding hydrogens is 431 g/mol. The Labute approximate surface area is 196 Å². The van der Waals surface area contributed by atoms with E-state index >= 15 is 0 Å². The fraction of sp³-hybridized carbons (Fsp3) is 0.231. The van der Waals surface area contributed by atoms with Crippen molar-refractivity contribution in [3.8, 4) is 17.5 Å². The van der Waals surface area contributed by atoms with Gasteiger partial charge in [-0.25, -0.2) is 19.0 Å². The van der Waals surface area contributed by atoms with Crippen molar-refractivity contribution in [2.45, 2.75) is 31.7 Å². The maximum absolute atomic E-state index is 13.9. The minimum Gasteiger partial charge on any atom is -0.495 e. The van der Waals surface area contributed by atoms with Crippen LogP contribution in [0.2, 0.25) is 0 Å². The number of hydrogen-bond acceptors (Lipinski definition) is 5. The lowest BCUT2D eigenvalue weighted by Crippen LogP contribution is -2.34. The van der Waals surface area contributed by atoms with Gasteiger partial charge in [-0.3, -0.25) is 0 Å². The molecule has 0 saturated carbocycles. The third-order valence-electron chi connectivity index (χ3n) is 6.12. The smallest absolute Gasteiger partial charge is 0.174 e. The van der Waals surface area contributed by atoms with Gasteiger partial charge in [0, 0.05) is 12.7 Å². The van der Waals surface area contributed by atoms with Gasteiger partial charge in [0.25, 0.3) is 0 Å². The fourth-order valence-corrected chi connectivity index (χ4v) is 4.44. The second kappa shape index (κ2) is 8.60. The van der Waals surface area contributed by atoms with Crippen LogP contribution in [0.3, 0.4) is 0 Å². The number of ether oxygens (including phenoxy) is 1. The van der Waals surface area contributed by atoms with Crippen molar-refractivity contribution in [2.75, 3.05) is 7.11 Å². The van der Waals surface area contributed by atoms with E-state index in [-0.39, 0.29) is 5.82 Å². The average Bonchev–Trinajstić information content (AvgIpc) is 3.48. The Morgan fingerprint density at radius 3 is 2.82 bits per heavy atom. The Morgan fingerprint density at radius 2 is 2.09 bits per heavy atom. The van der Waals surface area contributed by atoms with Crippen molar-refractivity contribution in [1.82, 2.24) is 24.3 Å².